The molecule has 0 fully saturated rings. The van der Waals surface area contributed by atoms with Crippen LogP contribution in [0, 0.1) is 11.6 Å². The highest BCUT2D eigenvalue weighted by molar-refractivity contribution is 5.37. The van der Waals surface area contributed by atoms with E-state index in [4.69, 9.17) is 5.73 Å². The van der Waals surface area contributed by atoms with Gasteiger partial charge >= 0.3 is 0 Å². The lowest BCUT2D eigenvalue weighted by atomic mass is 9.93. The molecule has 18 heavy (non-hydrogen) atoms. The molecule has 2 rings (SSSR count). The third kappa shape index (κ3) is 2.27. The zero-order chi connectivity index (χ0) is 13.1. The van der Waals surface area contributed by atoms with Crippen LogP contribution in [0.1, 0.15) is 29.7 Å². The lowest BCUT2D eigenvalue weighted by Gasteiger charge is -2.17. The minimum atomic E-state index is -0.865. The third-order valence-corrected chi connectivity index (χ3v) is 3.09. The van der Waals surface area contributed by atoms with Crippen LogP contribution in [0.2, 0.25) is 0 Å². The number of halogens is 2. The van der Waals surface area contributed by atoms with Crippen molar-refractivity contribution in [2.75, 3.05) is 0 Å². The number of rotatable bonds is 3. The quantitative estimate of drug-likeness (QED) is 0.881. The van der Waals surface area contributed by atoms with E-state index >= 15 is 0 Å². The Morgan fingerprint density at radius 1 is 1.00 bits per heavy atom. The molecular formula is C15H15F2N. The first-order chi connectivity index (χ1) is 8.65. The first kappa shape index (κ1) is 12.7. The van der Waals surface area contributed by atoms with Crippen molar-refractivity contribution >= 4 is 0 Å². The molecule has 0 spiro atoms. The highest BCUT2D eigenvalue weighted by Crippen LogP contribution is 2.26. The molecular weight excluding hydrogens is 232 g/mol. The number of hydrogen-bond acceptors (Lipinski definition) is 1. The van der Waals surface area contributed by atoms with Gasteiger partial charge in [-0.25, -0.2) is 8.78 Å². The summed E-state index contributed by atoms with van der Waals surface area (Å²) in [7, 11) is 0. The lowest BCUT2D eigenvalue weighted by Crippen LogP contribution is -2.16. The van der Waals surface area contributed by atoms with E-state index in [9.17, 15) is 8.78 Å². The molecule has 1 nitrogen and oxygen atoms in total. The largest absolute Gasteiger partial charge is 0.320 e. The second-order valence-corrected chi connectivity index (χ2v) is 4.17. The fraction of sp³-hybridized carbons (Fsp3) is 0.200. The summed E-state index contributed by atoms with van der Waals surface area (Å²) in [6.07, 6.45) is 0.806. The van der Waals surface area contributed by atoms with E-state index in [1.807, 2.05) is 31.2 Å². The van der Waals surface area contributed by atoms with Gasteiger partial charge in [-0.05, 0) is 23.6 Å². The fourth-order valence-corrected chi connectivity index (χ4v) is 2.09. The van der Waals surface area contributed by atoms with Crippen molar-refractivity contribution in [3.05, 3.63) is 70.8 Å². The smallest absolute Gasteiger partial charge is 0.163 e. The summed E-state index contributed by atoms with van der Waals surface area (Å²) in [5, 5.41) is 0. The minimum Gasteiger partial charge on any atom is -0.320 e. The molecule has 0 heterocycles. The van der Waals surface area contributed by atoms with E-state index in [2.05, 4.69) is 0 Å². The van der Waals surface area contributed by atoms with Gasteiger partial charge in [-0.3, -0.25) is 0 Å². The van der Waals surface area contributed by atoms with Crippen molar-refractivity contribution in [2.45, 2.75) is 19.4 Å². The SMILES string of the molecule is CCc1ccccc1C(N)c1cccc(F)c1F. The molecule has 1 atom stereocenters. The van der Waals surface area contributed by atoms with Crippen molar-refractivity contribution in [3.63, 3.8) is 0 Å². The van der Waals surface area contributed by atoms with Crippen molar-refractivity contribution in [2.24, 2.45) is 5.73 Å². The van der Waals surface area contributed by atoms with E-state index in [0.29, 0.717) is 0 Å². The zero-order valence-corrected chi connectivity index (χ0v) is 10.2. The maximum atomic E-state index is 13.7. The molecule has 0 radical (unpaired) electrons. The van der Waals surface area contributed by atoms with Gasteiger partial charge in [0.2, 0.25) is 0 Å². The minimum absolute atomic E-state index is 0.191. The summed E-state index contributed by atoms with van der Waals surface area (Å²) in [6, 6.07) is 11.0. The summed E-state index contributed by atoms with van der Waals surface area (Å²) in [5.74, 6) is -1.73. The van der Waals surface area contributed by atoms with Gasteiger partial charge < -0.3 is 5.73 Å². The predicted molar refractivity (Wildman–Crippen MR) is 68.2 cm³/mol. The Hall–Kier alpha value is -1.74. The first-order valence-corrected chi connectivity index (χ1v) is 5.92. The molecule has 1 unspecified atom stereocenters. The highest BCUT2D eigenvalue weighted by Gasteiger charge is 2.17. The van der Waals surface area contributed by atoms with Crippen molar-refractivity contribution in [1.82, 2.24) is 0 Å². The molecule has 2 aromatic carbocycles. The second kappa shape index (κ2) is 5.27. The number of nitrogens with two attached hydrogens (primary N) is 1. The molecule has 2 aromatic rings. The van der Waals surface area contributed by atoms with Gasteiger partial charge in [0.15, 0.2) is 11.6 Å². The predicted octanol–water partition coefficient (Wildman–Crippen LogP) is 3.58. The Morgan fingerprint density at radius 3 is 2.39 bits per heavy atom. The molecule has 2 N–H and O–H groups in total. The van der Waals surface area contributed by atoms with Crippen molar-refractivity contribution < 1.29 is 8.78 Å². The molecule has 0 aliphatic carbocycles. The van der Waals surface area contributed by atoms with Crippen LogP contribution in [-0.4, -0.2) is 0 Å². The van der Waals surface area contributed by atoms with E-state index in [0.717, 1.165) is 23.6 Å². The van der Waals surface area contributed by atoms with Gasteiger partial charge in [-0.2, -0.15) is 0 Å². The van der Waals surface area contributed by atoms with Gasteiger partial charge in [0, 0.05) is 5.56 Å². The Balaban J connectivity index is 2.48. The standard InChI is InChI=1S/C15H15F2N/c1-2-10-6-3-4-7-11(10)15(18)12-8-5-9-13(16)14(12)17/h3-9,15H,2,18H2,1H3. The maximum absolute atomic E-state index is 13.7. The van der Waals surface area contributed by atoms with Crippen LogP contribution in [0.15, 0.2) is 42.5 Å². The molecule has 94 valence electrons. The van der Waals surface area contributed by atoms with Crippen LogP contribution in [0.25, 0.3) is 0 Å². The molecule has 0 saturated heterocycles. The summed E-state index contributed by atoms with van der Waals surface area (Å²) in [6.45, 7) is 2.01. The van der Waals surface area contributed by atoms with Crippen LogP contribution in [0.4, 0.5) is 8.78 Å². The number of hydrogen-bond donors (Lipinski definition) is 1. The van der Waals surface area contributed by atoms with Crippen LogP contribution < -0.4 is 5.73 Å². The van der Waals surface area contributed by atoms with E-state index in [1.54, 1.807) is 0 Å². The average molecular weight is 247 g/mol. The molecule has 0 saturated carbocycles. The van der Waals surface area contributed by atoms with Crippen molar-refractivity contribution in [3.8, 4) is 0 Å². The molecule has 0 aliphatic rings. The molecule has 3 heteroatoms. The highest BCUT2D eigenvalue weighted by atomic mass is 19.2. The van der Waals surface area contributed by atoms with E-state index in [1.165, 1.54) is 12.1 Å². The Labute approximate surface area is 105 Å². The summed E-state index contributed by atoms with van der Waals surface area (Å²) >= 11 is 0. The van der Waals surface area contributed by atoms with Crippen LogP contribution in [0.5, 0.6) is 0 Å². The van der Waals surface area contributed by atoms with Gasteiger partial charge in [-0.15, -0.1) is 0 Å². The monoisotopic (exact) mass is 247 g/mol. The molecule has 0 aliphatic heterocycles. The number of benzene rings is 2. The van der Waals surface area contributed by atoms with Crippen molar-refractivity contribution in [1.29, 1.82) is 0 Å². The first-order valence-electron chi connectivity index (χ1n) is 5.92. The Bertz CT molecular complexity index is 552. The number of aryl methyl sites for hydroxylation is 1. The van der Waals surface area contributed by atoms with Gasteiger partial charge in [-0.1, -0.05) is 43.3 Å². The lowest BCUT2D eigenvalue weighted by molar-refractivity contribution is 0.494. The normalized spacial score (nSPS) is 12.4. The average Bonchev–Trinajstić information content (AvgIpc) is 2.41. The Morgan fingerprint density at radius 2 is 1.67 bits per heavy atom. The van der Waals surface area contributed by atoms with Gasteiger partial charge in [0.1, 0.15) is 0 Å². The van der Waals surface area contributed by atoms with E-state index in [-0.39, 0.29) is 5.56 Å². The maximum Gasteiger partial charge on any atom is 0.163 e. The van der Waals surface area contributed by atoms with E-state index < -0.39 is 17.7 Å². The second-order valence-electron chi connectivity index (χ2n) is 4.17. The zero-order valence-electron chi connectivity index (χ0n) is 10.2. The third-order valence-electron chi connectivity index (χ3n) is 3.09. The summed E-state index contributed by atoms with van der Waals surface area (Å²) in [5.41, 5.74) is 8.13. The topological polar surface area (TPSA) is 26.0 Å². The van der Waals surface area contributed by atoms with Crippen LogP contribution in [0.3, 0.4) is 0 Å². The molecule has 0 bridgehead atoms. The molecule has 0 aromatic heterocycles. The van der Waals surface area contributed by atoms with Gasteiger partial charge in [0.05, 0.1) is 6.04 Å². The fourth-order valence-electron chi connectivity index (χ4n) is 2.09. The summed E-state index contributed by atoms with van der Waals surface area (Å²) in [4.78, 5) is 0. The Kier molecular flexibility index (Phi) is 3.72. The molecule has 0 amide bonds. The van der Waals surface area contributed by atoms with Gasteiger partial charge in [0.25, 0.3) is 0 Å². The van der Waals surface area contributed by atoms with Crippen LogP contribution >= 0.6 is 0 Å². The summed E-state index contributed by atoms with van der Waals surface area (Å²) < 4.78 is 26.9. The van der Waals surface area contributed by atoms with Crippen LogP contribution in [-0.2, 0) is 6.42 Å².